The van der Waals surface area contributed by atoms with Crippen LogP contribution in [0, 0.1) is 11.3 Å². The highest BCUT2D eigenvalue weighted by Crippen LogP contribution is 2.35. The Morgan fingerprint density at radius 1 is 1.19 bits per heavy atom. The molecule has 0 bridgehead atoms. The molecule has 124 valence electrons. The summed E-state index contributed by atoms with van der Waals surface area (Å²) < 4.78 is 28.2. The molecule has 0 rings (SSSR count). The van der Waals surface area contributed by atoms with E-state index in [1.54, 1.807) is 41.5 Å². The Morgan fingerprint density at radius 3 is 1.95 bits per heavy atom. The number of carbonyl (C=O) groups excluding carboxylic acids is 1. The van der Waals surface area contributed by atoms with Crippen LogP contribution in [-0.4, -0.2) is 42.6 Å². The molecule has 0 saturated carbocycles. The minimum Gasteiger partial charge on any atom is -0.480 e. The molecule has 0 aliphatic rings. The van der Waals surface area contributed by atoms with E-state index in [1.807, 2.05) is 0 Å². The maximum absolute atomic E-state index is 12.2. The van der Waals surface area contributed by atoms with Crippen LogP contribution in [-0.2, 0) is 24.2 Å². The minimum absolute atomic E-state index is 0.0482. The number of carboxylic acid groups (broad SMARTS) is 1. The smallest absolute Gasteiger partial charge is 0.323 e. The van der Waals surface area contributed by atoms with Gasteiger partial charge in [-0.3, -0.25) is 9.59 Å². The minimum atomic E-state index is -3.52. The van der Waals surface area contributed by atoms with Crippen LogP contribution in [0.25, 0.3) is 0 Å². The van der Waals surface area contributed by atoms with Crippen LogP contribution in [0.1, 0.15) is 48.0 Å². The molecule has 0 aliphatic heterocycles. The predicted octanol–water partition coefficient (Wildman–Crippen LogP) is 1.88. The summed E-state index contributed by atoms with van der Waals surface area (Å²) in [5.41, 5.74) is -1.84. The van der Waals surface area contributed by atoms with E-state index in [0.29, 0.717) is 0 Å². The number of carbonyl (C=O) groups is 2. The molecule has 0 fully saturated rings. The maximum Gasteiger partial charge on any atom is 0.323 e. The van der Waals surface area contributed by atoms with E-state index in [4.69, 9.17) is 4.74 Å². The number of hydrogen-bond acceptors (Lipinski definition) is 5. The van der Waals surface area contributed by atoms with Gasteiger partial charge in [-0.1, -0.05) is 13.8 Å². The molecule has 0 heterocycles. The van der Waals surface area contributed by atoms with Gasteiger partial charge in [0, 0.05) is 0 Å². The zero-order chi connectivity index (χ0) is 17.1. The van der Waals surface area contributed by atoms with E-state index in [2.05, 4.69) is 0 Å². The predicted molar refractivity (Wildman–Crippen MR) is 79.7 cm³/mol. The highest BCUT2D eigenvalue weighted by Gasteiger charge is 2.51. The van der Waals surface area contributed by atoms with Crippen molar-refractivity contribution in [1.82, 2.24) is 0 Å². The van der Waals surface area contributed by atoms with Gasteiger partial charge in [-0.25, -0.2) is 8.42 Å². The number of aliphatic carboxylic acids is 1. The molecule has 0 aromatic carbocycles. The van der Waals surface area contributed by atoms with Crippen molar-refractivity contribution in [2.75, 3.05) is 12.4 Å². The third-order valence-corrected chi connectivity index (χ3v) is 6.31. The van der Waals surface area contributed by atoms with E-state index < -0.39 is 37.9 Å². The summed E-state index contributed by atoms with van der Waals surface area (Å²) in [4.78, 5) is 23.8. The lowest BCUT2D eigenvalue weighted by Crippen LogP contribution is -2.47. The first-order chi connectivity index (χ1) is 9.33. The highest BCUT2D eigenvalue weighted by atomic mass is 32.2. The van der Waals surface area contributed by atoms with Crippen LogP contribution in [0.15, 0.2) is 0 Å². The Morgan fingerprint density at radius 2 is 1.67 bits per heavy atom. The van der Waals surface area contributed by atoms with E-state index >= 15 is 0 Å². The maximum atomic E-state index is 12.2. The van der Waals surface area contributed by atoms with Gasteiger partial charge < -0.3 is 9.84 Å². The quantitative estimate of drug-likeness (QED) is 0.567. The zero-order valence-electron chi connectivity index (χ0n) is 13.6. The third-order valence-electron chi connectivity index (χ3n) is 3.71. The first-order valence-corrected chi connectivity index (χ1v) is 8.61. The van der Waals surface area contributed by atoms with Crippen molar-refractivity contribution >= 4 is 21.8 Å². The normalized spacial score (nSPS) is 15.6. The molecule has 0 amide bonds. The second-order valence-electron chi connectivity index (χ2n) is 6.33. The number of esters is 1. The fourth-order valence-electron chi connectivity index (χ4n) is 1.93. The molecule has 0 aromatic rings. The Bertz CT molecular complexity index is 486. The fraction of sp³-hybridized carbons (Fsp3) is 0.857. The summed E-state index contributed by atoms with van der Waals surface area (Å²) in [6.45, 7) is 9.42. The molecule has 0 spiro atoms. The van der Waals surface area contributed by atoms with E-state index in [1.165, 1.54) is 0 Å². The monoisotopic (exact) mass is 322 g/mol. The Hall–Kier alpha value is -1.11. The van der Waals surface area contributed by atoms with Crippen LogP contribution in [0.3, 0.4) is 0 Å². The molecule has 0 radical (unpaired) electrons. The number of ether oxygens (including phenoxy) is 1. The molecule has 1 unspecified atom stereocenters. The number of hydrogen-bond donors (Lipinski definition) is 1. The fourth-order valence-corrected chi connectivity index (χ4v) is 3.13. The average Bonchev–Trinajstić information content (AvgIpc) is 2.27. The molecule has 0 aliphatic carbocycles. The molecule has 7 heteroatoms. The van der Waals surface area contributed by atoms with Gasteiger partial charge in [-0.2, -0.15) is 0 Å². The van der Waals surface area contributed by atoms with Gasteiger partial charge in [-0.05, 0) is 40.0 Å². The van der Waals surface area contributed by atoms with E-state index in [9.17, 15) is 23.1 Å². The first-order valence-electron chi connectivity index (χ1n) is 6.95. The highest BCUT2D eigenvalue weighted by molar-refractivity contribution is 7.92. The molecule has 1 N–H and O–H groups in total. The van der Waals surface area contributed by atoms with Crippen molar-refractivity contribution < 1.29 is 27.9 Å². The lowest BCUT2D eigenvalue weighted by atomic mass is 9.75. The summed E-state index contributed by atoms with van der Waals surface area (Å²) in [5, 5.41) is 9.50. The van der Waals surface area contributed by atoms with Crippen molar-refractivity contribution in [2.24, 2.45) is 11.3 Å². The lowest BCUT2D eigenvalue weighted by molar-refractivity contribution is -0.172. The van der Waals surface area contributed by atoms with Crippen LogP contribution < -0.4 is 0 Å². The van der Waals surface area contributed by atoms with Crippen molar-refractivity contribution in [3.8, 4) is 0 Å². The van der Waals surface area contributed by atoms with Gasteiger partial charge in [0.2, 0.25) is 0 Å². The molecule has 1 atom stereocenters. The van der Waals surface area contributed by atoms with Gasteiger partial charge >= 0.3 is 11.9 Å². The Kier molecular flexibility index (Phi) is 6.41. The summed E-state index contributed by atoms with van der Waals surface area (Å²) >= 11 is 0. The van der Waals surface area contributed by atoms with Crippen LogP contribution >= 0.6 is 0 Å². The molecule has 0 saturated heterocycles. The van der Waals surface area contributed by atoms with Gasteiger partial charge in [0.1, 0.15) is 0 Å². The SMILES string of the molecule is CCOC(=O)C(CCS(=O)(=O)C(C)(C)C)(C(=O)O)C(C)C. The van der Waals surface area contributed by atoms with Gasteiger partial charge in [0.05, 0.1) is 17.1 Å². The summed E-state index contributed by atoms with van der Waals surface area (Å²) in [6.07, 6.45) is -0.293. The Balaban J connectivity index is 5.57. The topological polar surface area (TPSA) is 97.7 Å². The molecular weight excluding hydrogens is 296 g/mol. The van der Waals surface area contributed by atoms with Crippen LogP contribution in [0.2, 0.25) is 0 Å². The van der Waals surface area contributed by atoms with Crippen molar-refractivity contribution in [3.05, 3.63) is 0 Å². The number of carboxylic acids is 1. The summed E-state index contributed by atoms with van der Waals surface area (Å²) in [7, 11) is -3.52. The first kappa shape index (κ1) is 19.9. The average molecular weight is 322 g/mol. The Labute approximate surface area is 126 Å². The number of sulfone groups is 1. The zero-order valence-corrected chi connectivity index (χ0v) is 14.4. The van der Waals surface area contributed by atoms with Crippen molar-refractivity contribution in [3.63, 3.8) is 0 Å². The summed E-state index contributed by atoms with van der Waals surface area (Å²) in [5.74, 6) is -3.18. The van der Waals surface area contributed by atoms with Crippen LogP contribution in [0.4, 0.5) is 0 Å². The standard InChI is InChI=1S/C14H26O6S/c1-7-20-12(17)14(10(2)3,11(15)16)8-9-21(18,19)13(4,5)6/h10H,7-9H2,1-6H3,(H,15,16). The van der Waals surface area contributed by atoms with Crippen molar-refractivity contribution in [1.29, 1.82) is 0 Å². The lowest BCUT2D eigenvalue weighted by Gasteiger charge is -2.31. The second-order valence-corrected chi connectivity index (χ2v) is 9.20. The summed E-state index contributed by atoms with van der Waals surface area (Å²) in [6, 6.07) is 0. The van der Waals surface area contributed by atoms with Gasteiger partial charge in [0.15, 0.2) is 15.3 Å². The van der Waals surface area contributed by atoms with Gasteiger partial charge in [0.25, 0.3) is 0 Å². The largest absolute Gasteiger partial charge is 0.480 e. The van der Waals surface area contributed by atoms with Crippen molar-refractivity contribution in [2.45, 2.75) is 52.7 Å². The van der Waals surface area contributed by atoms with Gasteiger partial charge in [-0.15, -0.1) is 0 Å². The third kappa shape index (κ3) is 4.18. The second kappa shape index (κ2) is 6.77. The molecule has 0 aromatic heterocycles. The number of rotatable bonds is 7. The molecular formula is C14H26O6S. The molecule has 21 heavy (non-hydrogen) atoms. The van der Waals surface area contributed by atoms with E-state index in [-0.39, 0.29) is 18.8 Å². The van der Waals surface area contributed by atoms with E-state index in [0.717, 1.165) is 0 Å². The van der Waals surface area contributed by atoms with Crippen LogP contribution in [0.5, 0.6) is 0 Å². The molecule has 6 nitrogen and oxygen atoms in total.